The van der Waals surface area contributed by atoms with E-state index in [2.05, 4.69) is 20.6 Å². The highest BCUT2D eigenvalue weighted by molar-refractivity contribution is 7.22. The number of amides is 2. The number of rotatable bonds is 9. The minimum absolute atomic E-state index is 0.0467. The molecule has 1 atom stereocenters. The third-order valence-electron chi connectivity index (χ3n) is 7.06. The zero-order valence-corrected chi connectivity index (χ0v) is 24.2. The van der Waals surface area contributed by atoms with E-state index in [9.17, 15) is 19.7 Å². The van der Waals surface area contributed by atoms with Gasteiger partial charge in [-0.25, -0.2) is 9.97 Å². The monoisotopic (exact) mass is 603 g/mol. The molecule has 0 aliphatic heterocycles. The Labute approximate surface area is 255 Å². The van der Waals surface area contributed by atoms with Crippen molar-refractivity contribution < 1.29 is 19.2 Å². The number of nitro groups is 1. The van der Waals surface area contributed by atoms with Crippen molar-refractivity contribution in [3.05, 3.63) is 124 Å². The molecule has 2 N–H and O–H groups in total. The van der Waals surface area contributed by atoms with E-state index in [1.165, 1.54) is 23.5 Å². The number of non-ortho nitro benzene ring substituents is 1. The summed E-state index contributed by atoms with van der Waals surface area (Å²) in [6, 6.07) is 28.8. The van der Waals surface area contributed by atoms with Gasteiger partial charge in [-0.2, -0.15) is 0 Å². The standard InChI is InChI=1S/C33H25N5O5S/c1-43-23-15-16-27-30(18-23)44-33(36-27)37-32(40)29(17-20-7-3-2-4-8-20)35-31(39)25-19-28(34-26-10-6-5-9-24(25)26)21-11-13-22(14-12-21)38(41)42/h2-16,18-19,29H,17H2,1H3,(H,35,39)(H,36,37,40). The number of methoxy groups -OCH3 is 1. The lowest BCUT2D eigenvalue weighted by Crippen LogP contribution is -2.45. The van der Waals surface area contributed by atoms with Gasteiger partial charge in [0.1, 0.15) is 11.8 Å². The lowest BCUT2D eigenvalue weighted by Gasteiger charge is -2.19. The number of anilines is 1. The van der Waals surface area contributed by atoms with Crippen LogP contribution in [0.15, 0.2) is 103 Å². The number of nitro benzene ring substituents is 1. The summed E-state index contributed by atoms with van der Waals surface area (Å²) in [5, 5.41) is 18.0. The third-order valence-corrected chi connectivity index (χ3v) is 8.00. The van der Waals surface area contributed by atoms with Crippen LogP contribution >= 0.6 is 11.3 Å². The van der Waals surface area contributed by atoms with E-state index in [-0.39, 0.29) is 12.1 Å². The van der Waals surface area contributed by atoms with Gasteiger partial charge in [0.25, 0.3) is 11.6 Å². The summed E-state index contributed by atoms with van der Waals surface area (Å²) in [6.07, 6.45) is 0.245. The number of carbonyl (C=O) groups excluding carboxylic acids is 2. The molecule has 0 aliphatic carbocycles. The number of aromatic nitrogens is 2. The van der Waals surface area contributed by atoms with Gasteiger partial charge in [0.05, 0.1) is 39.0 Å². The highest BCUT2D eigenvalue weighted by Crippen LogP contribution is 2.30. The third kappa shape index (κ3) is 6.08. The highest BCUT2D eigenvalue weighted by atomic mass is 32.1. The molecular formula is C33H25N5O5S. The predicted molar refractivity (Wildman–Crippen MR) is 170 cm³/mol. The summed E-state index contributed by atoms with van der Waals surface area (Å²) in [6.45, 7) is 0. The van der Waals surface area contributed by atoms with Gasteiger partial charge in [-0.3, -0.25) is 19.7 Å². The number of nitrogens with one attached hydrogen (secondary N) is 2. The molecule has 0 aliphatic rings. The Balaban J connectivity index is 1.32. The van der Waals surface area contributed by atoms with Crippen LogP contribution < -0.4 is 15.4 Å². The molecule has 2 amide bonds. The van der Waals surface area contributed by atoms with Crippen LogP contribution in [0.1, 0.15) is 15.9 Å². The second-order valence-corrected chi connectivity index (χ2v) is 11.0. The van der Waals surface area contributed by atoms with Gasteiger partial charge in [0.15, 0.2) is 5.13 Å². The molecule has 2 aromatic heterocycles. The van der Waals surface area contributed by atoms with Gasteiger partial charge in [-0.05, 0) is 48.0 Å². The summed E-state index contributed by atoms with van der Waals surface area (Å²) in [7, 11) is 1.59. The van der Waals surface area contributed by atoms with Crippen molar-refractivity contribution in [3.8, 4) is 17.0 Å². The molecule has 1 unspecified atom stereocenters. The Kier molecular flexibility index (Phi) is 7.94. The molecule has 0 saturated carbocycles. The van der Waals surface area contributed by atoms with E-state index in [4.69, 9.17) is 4.74 Å². The number of para-hydroxylation sites is 1. The average molecular weight is 604 g/mol. The number of carbonyl (C=O) groups is 2. The quantitative estimate of drug-likeness (QED) is 0.144. The predicted octanol–water partition coefficient (Wildman–Crippen LogP) is 6.41. The van der Waals surface area contributed by atoms with Crippen LogP contribution in [0, 0.1) is 10.1 Å². The zero-order valence-electron chi connectivity index (χ0n) is 23.4. The Hall–Kier alpha value is -5.68. The zero-order chi connectivity index (χ0) is 30.6. The number of nitrogens with zero attached hydrogens (tertiary/aromatic N) is 3. The van der Waals surface area contributed by atoms with Crippen LogP contribution in [0.4, 0.5) is 10.8 Å². The number of benzene rings is 4. The normalized spacial score (nSPS) is 11.7. The van der Waals surface area contributed by atoms with Crippen molar-refractivity contribution in [2.45, 2.75) is 12.5 Å². The Morgan fingerprint density at radius 1 is 0.909 bits per heavy atom. The van der Waals surface area contributed by atoms with Crippen molar-refractivity contribution in [2.24, 2.45) is 0 Å². The lowest BCUT2D eigenvalue weighted by atomic mass is 10.0. The van der Waals surface area contributed by atoms with Crippen molar-refractivity contribution in [2.75, 3.05) is 12.4 Å². The first-order valence-corrected chi connectivity index (χ1v) is 14.4. The largest absolute Gasteiger partial charge is 0.497 e. The second kappa shape index (κ2) is 12.3. The van der Waals surface area contributed by atoms with Crippen LogP contribution in [0.3, 0.4) is 0 Å². The van der Waals surface area contributed by atoms with Gasteiger partial charge in [0.2, 0.25) is 5.91 Å². The molecule has 44 heavy (non-hydrogen) atoms. The first-order valence-electron chi connectivity index (χ1n) is 13.6. The Bertz CT molecular complexity index is 2010. The van der Waals surface area contributed by atoms with E-state index in [1.54, 1.807) is 43.5 Å². The molecule has 0 radical (unpaired) electrons. The van der Waals surface area contributed by atoms with E-state index >= 15 is 0 Å². The molecule has 0 bridgehead atoms. The van der Waals surface area contributed by atoms with Gasteiger partial charge in [-0.1, -0.05) is 59.9 Å². The Morgan fingerprint density at radius 3 is 2.41 bits per heavy atom. The van der Waals surface area contributed by atoms with Crippen LogP contribution in [-0.4, -0.2) is 39.9 Å². The molecule has 0 saturated heterocycles. The summed E-state index contributed by atoms with van der Waals surface area (Å²) in [4.78, 5) is 47.5. The molecule has 0 fully saturated rings. The summed E-state index contributed by atoms with van der Waals surface area (Å²) >= 11 is 1.31. The maximum atomic E-state index is 13.9. The minimum Gasteiger partial charge on any atom is -0.497 e. The lowest BCUT2D eigenvalue weighted by molar-refractivity contribution is -0.384. The van der Waals surface area contributed by atoms with Gasteiger partial charge in [-0.15, -0.1) is 0 Å². The first kappa shape index (κ1) is 28.4. The van der Waals surface area contributed by atoms with Crippen LogP contribution in [0.5, 0.6) is 5.75 Å². The molecule has 2 heterocycles. The highest BCUT2D eigenvalue weighted by Gasteiger charge is 2.25. The van der Waals surface area contributed by atoms with Crippen LogP contribution in [0.25, 0.3) is 32.4 Å². The number of hydrogen-bond donors (Lipinski definition) is 2. The van der Waals surface area contributed by atoms with Crippen LogP contribution in [0.2, 0.25) is 0 Å². The average Bonchev–Trinajstić information content (AvgIpc) is 3.45. The number of fused-ring (bicyclic) bond motifs is 2. The van der Waals surface area contributed by atoms with Crippen molar-refractivity contribution in [1.82, 2.24) is 15.3 Å². The summed E-state index contributed by atoms with van der Waals surface area (Å²) < 4.78 is 6.15. The molecule has 4 aromatic carbocycles. The SMILES string of the molecule is COc1ccc2nc(NC(=O)C(Cc3ccccc3)NC(=O)c3cc(-c4ccc([N+](=O)[O-])cc4)nc4ccccc34)sc2c1. The van der Waals surface area contributed by atoms with Crippen molar-refractivity contribution >= 4 is 55.1 Å². The summed E-state index contributed by atoms with van der Waals surface area (Å²) in [5.74, 6) is -0.190. The molecular weight excluding hydrogens is 578 g/mol. The fraction of sp³-hybridized carbons (Fsp3) is 0.0909. The fourth-order valence-corrected chi connectivity index (χ4v) is 5.74. The molecule has 0 spiro atoms. The first-order chi connectivity index (χ1) is 21.4. The van der Waals surface area contributed by atoms with Gasteiger partial charge in [0, 0.05) is 29.5 Å². The van der Waals surface area contributed by atoms with Crippen molar-refractivity contribution in [1.29, 1.82) is 0 Å². The topological polar surface area (TPSA) is 136 Å². The maximum Gasteiger partial charge on any atom is 0.269 e. The molecule has 6 aromatic rings. The molecule has 10 nitrogen and oxygen atoms in total. The molecule has 6 rings (SSSR count). The number of ether oxygens (including phenoxy) is 1. The number of thiazole rings is 1. The molecule has 218 valence electrons. The minimum atomic E-state index is -0.929. The molecule has 11 heteroatoms. The fourth-order valence-electron chi connectivity index (χ4n) is 4.84. The van der Waals surface area contributed by atoms with Crippen molar-refractivity contribution in [3.63, 3.8) is 0 Å². The van der Waals surface area contributed by atoms with E-state index < -0.39 is 22.8 Å². The Morgan fingerprint density at radius 2 is 1.66 bits per heavy atom. The second-order valence-electron chi connectivity index (χ2n) is 9.93. The smallest absolute Gasteiger partial charge is 0.269 e. The van der Waals surface area contributed by atoms with Crippen LogP contribution in [-0.2, 0) is 11.2 Å². The van der Waals surface area contributed by atoms with E-state index in [0.29, 0.717) is 38.6 Å². The number of hydrogen-bond acceptors (Lipinski definition) is 8. The van der Waals surface area contributed by atoms with Gasteiger partial charge >= 0.3 is 0 Å². The maximum absolute atomic E-state index is 13.9. The van der Waals surface area contributed by atoms with Gasteiger partial charge < -0.3 is 15.4 Å². The van der Waals surface area contributed by atoms with E-state index in [0.717, 1.165) is 15.8 Å². The van der Waals surface area contributed by atoms with E-state index in [1.807, 2.05) is 54.6 Å². The summed E-state index contributed by atoms with van der Waals surface area (Å²) in [5.41, 5.74) is 3.52. The number of pyridine rings is 1.